The molecule has 2 aromatic carbocycles. The van der Waals surface area contributed by atoms with Crippen LogP contribution < -0.4 is 9.47 Å². The molecule has 20 heavy (non-hydrogen) atoms. The first-order valence-electron chi connectivity index (χ1n) is 6.64. The first kappa shape index (κ1) is 14.4. The van der Waals surface area contributed by atoms with Gasteiger partial charge in [0.25, 0.3) is 0 Å². The van der Waals surface area contributed by atoms with Crippen molar-refractivity contribution in [3.8, 4) is 11.5 Å². The second-order valence-corrected chi connectivity index (χ2v) is 4.72. The van der Waals surface area contributed by atoms with Crippen molar-refractivity contribution in [3.63, 3.8) is 0 Å². The molecule has 3 nitrogen and oxygen atoms in total. The molecule has 0 aliphatic heterocycles. The Balaban J connectivity index is 2.23. The molecule has 0 aromatic heterocycles. The van der Waals surface area contributed by atoms with Crippen LogP contribution in [-0.4, -0.2) is 25.9 Å². The summed E-state index contributed by atoms with van der Waals surface area (Å²) in [6.07, 6.45) is 0.744. The van der Waals surface area contributed by atoms with E-state index in [0.29, 0.717) is 0 Å². The molecule has 0 heterocycles. The molecule has 0 fully saturated rings. The lowest BCUT2D eigenvalue weighted by atomic mass is 9.92. The number of rotatable bonds is 6. The van der Waals surface area contributed by atoms with Crippen LogP contribution in [0.4, 0.5) is 0 Å². The summed E-state index contributed by atoms with van der Waals surface area (Å²) in [5.41, 5.74) is 2.22. The number of benzene rings is 2. The minimum atomic E-state index is 0.0769. The highest BCUT2D eigenvalue weighted by Gasteiger charge is 2.12. The van der Waals surface area contributed by atoms with Gasteiger partial charge in [-0.1, -0.05) is 30.3 Å². The topological polar surface area (TPSA) is 38.7 Å². The summed E-state index contributed by atoms with van der Waals surface area (Å²) in [5, 5.41) is 9.63. The zero-order chi connectivity index (χ0) is 14.4. The van der Waals surface area contributed by atoms with Crippen molar-refractivity contribution >= 4 is 0 Å². The van der Waals surface area contributed by atoms with Crippen LogP contribution in [0.25, 0.3) is 0 Å². The summed E-state index contributed by atoms with van der Waals surface area (Å²) in [6.45, 7) is 0.115. The van der Waals surface area contributed by atoms with Crippen molar-refractivity contribution in [1.82, 2.24) is 0 Å². The van der Waals surface area contributed by atoms with Gasteiger partial charge >= 0.3 is 0 Å². The number of hydrogen-bond acceptors (Lipinski definition) is 3. The third-order valence-corrected chi connectivity index (χ3v) is 3.38. The van der Waals surface area contributed by atoms with Crippen LogP contribution in [0.15, 0.2) is 48.5 Å². The Morgan fingerprint density at radius 1 is 0.950 bits per heavy atom. The van der Waals surface area contributed by atoms with E-state index < -0.39 is 0 Å². The number of ether oxygens (including phenoxy) is 2. The summed E-state index contributed by atoms with van der Waals surface area (Å²) in [7, 11) is 3.28. The number of aliphatic hydroxyl groups is 1. The van der Waals surface area contributed by atoms with Gasteiger partial charge in [-0.05, 0) is 29.7 Å². The Kier molecular flexibility index (Phi) is 5.02. The van der Waals surface area contributed by atoms with Crippen LogP contribution in [0.3, 0.4) is 0 Å². The van der Waals surface area contributed by atoms with E-state index in [4.69, 9.17) is 9.47 Å². The second kappa shape index (κ2) is 6.96. The lowest BCUT2D eigenvalue weighted by Crippen LogP contribution is -2.08. The summed E-state index contributed by atoms with van der Waals surface area (Å²) in [5.74, 6) is 1.61. The molecule has 0 saturated heterocycles. The molecular weight excluding hydrogens is 252 g/mol. The normalized spacial score (nSPS) is 11.9. The Morgan fingerprint density at radius 2 is 1.55 bits per heavy atom. The Hall–Kier alpha value is -2.00. The molecule has 0 saturated carbocycles. The van der Waals surface area contributed by atoms with Gasteiger partial charge in [-0.15, -0.1) is 0 Å². The van der Waals surface area contributed by atoms with E-state index in [2.05, 4.69) is 0 Å². The molecule has 0 spiro atoms. The monoisotopic (exact) mass is 272 g/mol. The highest BCUT2D eigenvalue weighted by molar-refractivity contribution is 5.39. The maximum Gasteiger partial charge on any atom is 0.122 e. The van der Waals surface area contributed by atoms with Gasteiger partial charge in [0.15, 0.2) is 0 Å². The third-order valence-electron chi connectivity index (χ3n) is 3.38. The molecule has 3 heteroatoms. The van der Waals surface area contributed by atoms with Crippen molar-refractivity contribution in [2.45, 2.75) is 12.3 Å². The highest BCUT2D eigenvalue weighted by Crippen LogP contribution is 2.27. The van der Waals surface area contributed by atoms with Crippen molar-refractivity contribution in [2.24, 2.45) is 0 Å². The van der Waals surface area contributed by atoms with Gasteiger partial charge in [0.2, 0.25) is 0 Å². The van der Waals surface area contributed by atoms with Crippen LogP contribution >= 0.6 is 0 Å². The van der Waals surface area contributed by atoms with Crippen molar-refractivity contribution in [3.05, 3.63) is 59.7 Å². The van der Waals surface area contributed by atoms with E-state index in [1.807, 2.05) is 48.5 Å². The zero-order valence-corrected chi connectivity index (χ0v) is 11.9. The Labute approximate surface area is 119 Å². The lowest BCUT2D eigenvalue weighted by Gasteiger charge is -2.16. The van der Waals surface area contributed by atoms with Gasteiger partial charge in [-0.2, -0.15) is 0 Å². The van der Waals surface area contributed by atoms with E-state index in [1.54, 1.807) is 14.2 Å². The number of hydrogen-bond donors (Lipinski definition) is 1. The first-order valence-corrected chi connectivity index (χ1v) is 6.64. The van der Waals surface area contributed by atoms with Crippen LogP contribution in [0.1, 0.15) is 17.0 Å². The molecule has 1 unspecified atom stereocenters. The minimum Gasteiger partial charge on any atom is -0.497 e. The Bertz CT molecular complexity index is 515. The van der Waals surface area contributed by atoms with E-state index >= 15 is 0 Å². The smallest absolute Gasteiger partial charge is 0.122 e. The van der Waals surface area contributed by atoms with E-state index in [0.717, 1.165) is 29.0 Å². The third kappa shape index (κ3) is 3.52. The fourth-order valence-corrected chi connectivity index (χ4v) is 2.28. The molecular formula is C17H20O3. The van der Waals surface area contributed by atoms with Crippen LogP contribution in [-0.2, 0) is 6.42 Å². The lowest BCUT2D eigenvalue weighted by molar-refractivity contribution is 0.264. The van der Waals surface area contributed by atoms with Crippen LogP contribution in [0.2, 0.25) is 0 Å². The molecule has 1 atom stereocenters. The molecule has 2 rings (SSSR count). The molecule has 0 aliphatic rings. The average molecular weight is 272 g/mol. The molecule has 1 N–H and O–H groups in total. The zero-order valence-electron chi connectivity index (χ0n) is 11.9. The standard InChI is InChI=1S/C17H20O3/c1-19-16-9-13(10-17(11-16)20-2)8-15(12-18)14-6-4-3-5-7-14/h3-7,9-11,15,18H,8,12H2,1-2H3. The van der Waals surface area contributed by atoms with Gasteiger partial charge in [0, 0.05) is 12.0 Å². The average Bonchev–Trinajstić information content (AvgIpc) is 2.53. The molecule has 0 radical (unpaired) electrons. The minimum absolute atomic E-state index is 0.0769. The van der Waals surface area contributed by atoms with Crippen LogP contribution in [0, 0.1) is 0 Å². The number of methoxy groups -OCH3 is 2. The largest absolute Gasteiger partial charge is 0.497 e. The second-order valence-electron chi connectivity index (χ2n) is 4.72. The SMILES string of the molecule is COc1cc(CC(CO)c2ccccc2)cc(OC)c1. The van der Waals surface area contributed by atoms with Gasteiger partial charge < -0.3 is 14.6 Å². The first-order chi connectivity index (χ1) is 9.76. The van der Waals surface area contributed by atoms with E-state index in [1.165, 1.54) is 0 Å². The van der Waals surface area contributed by atoms with Crippen molar-refractivity contribution in [2.75, 3.05) is 20.8 Å². The Morgan fingerprint density at radius 3 is 2.05 bits per heavy atom. The quantitative estimate of drug-likeness (QED) is 0.878. The van der Waals surface area contributed by atoms with Gasteiger partial charge in [-0.25, -0.2) is 0 Å². The summed E-state index contributed by atoms with van der Waals surface area (Å²) < 4.78 is 10.6. The summed E-state index contributed by atoms with van der Waals surface area (Å²) >= 11 is 0. The molecule has 0 aliphatic carbocycles. The van der Waals surface area contributed by atoms with Gasteiger partial charge in [-0.3, -0.25) is 0 Å². The van der Waals surface area contributed by atoms with Crippen molar-refractivity contribution < 1.29 is 14.6 Å². The van der Waals surface area contributed by atoms with E-state index in [-0.39, 0.29) is 12.5 Å². The summed E-state index contributed by atoms with van der Waals surface area (Å²) in [6, 6.07) is 15.8. The molecule has 106 valence electrons. The van der Waals surface area contributed by atoms with Crippen molar-refractivity contribution in [1.29, 1.82) is 0 Å². The predicted molar refractivity (Wildman–Crippen MR) is 79.5 cm³/mol. The molecule has 0 bridgehead atoms. The molecule has 0 amide bonds. The number of aliphatic hydroxyl groups excluding tert-OH is 1. The highest BCUT2D eigenvalue weighted by atomic mass is 16.5. The maximum absolute atomic E-state index is 9.63. The predicted octanol–water partition coefficient (Wildman–Crippen LogP) is 3.02. The van der Waals surface area contributed by atoms with Gasteiger partial charge in [0.1, 0.15) is 11.5 Å². The summed E-state index contributed by atoms with van der Waals surface area (Å²) in [4.78, 5) is 0. The van der Waals surface area contributed by atoms with Gasteiger partial charge in [0.05, 0.1) is 20.8 Å². The fourth-order valence-electron chi connectivity index (χ4n) is 2.28. The molecule has 2 aromatic rings. The van der Waals surface area contributed by atoms with E-state index in [9.17, 15) is 5.11 Å². The van der Waals surface area contributed by atoms with Crippen LogP contribution in [0.5, 0.6) is 11.5 Å². The maximum atomic E-state index is 9.63. The fraction of sp³-hybridized carbons (Fsp3) is 0.294.